The molecule has 0 bridgehead atoms. The summed E-state index contributed by atoms with van der Waals surface area (Å²) in [5.74, 6) is 2.08. The minimum atomic E-state index is -0.0301. The van der Waals surface area contributed by atoms with Crippen LogP contribution in [0.4, 0.5) is 0 Å². The summed E-state index contributed by atoms with van der Waals surface area (Å²) in [4.78, 5) is 0. The standard InChI is InChI=1S/C15H21ClO3/c1-15(2)9-19-12(5-6-16)10-7-13(17-3)14(18-4)8-11(10)15/h7-8,12H,5-6,9H2,1-4H3. The Morgan fingerprint density at radius 3 is 2.47 bits per heavy atom. The summed E-state index contributed by atoms with van der Waals surface area (Å²) in [7, 11) is 3.31. The number of hydrogen-bond acceptors (Lipinski definition) is 3. The van der Waals surface area contributed by atoms with Crippen molar-refractivity contribution in [2.75, 3.05) is 26.7 Å². The van der Waals surface area contributed by atoms with Gasteiger partial charge >= 0.3 is 0 Å². The van der Waals surface area contributed by atoms with Crippen LogP contribution < -0.4 is 9.47 Å². The minimum Gasteiger partial charge on any atom is -0.493 e. The van der Waals surface area contributed by atoms with Crippen LogP contribution in [-0.2, 0) is 10.2 Å². The first kappa shape index (κ1) is 14.5. The molecule has 4 heteroatoms. The van der Waals surface area contributed by atoms with E-state index in [0.29, 0.717) is 12.5 Å². The van der Waals surface area contributed by atoms with E-state index in [2.05, 4.69) is 19.9 Å². The molecule has 1 aromatic rings. The second-order valence-electron chi connectivity index (χ2n) is 5.46. The van der Waals surface area contributed by atoms with E-state index >= 15 is 0 Å². The van der Waals surface area contributed by atoms with Crippen molar-refractivity contribution in [2.24, 2.45) is 0 Å². The topological polar surface area (TPSA) is 27.7 Å². The predicted octanol–water partition coefficient (Wildman–Crippen LogP) is 3.68. The maximum absolute atomic E-state index is 5.95. The molecular formula is C15H21ClO3. The highest BCUT2D eigenvalue weighted by atomic mass is 35.5. The minimum absolute atomic E-state index is 0.0301. The fourth-order valence-corrected chi connectivity index (χ4v) is 2.76. The Hall–Kier alpha value is -0.930. The van der Waals surface area contributed by atoms with Gasteiger partial charge in [-0.2, -0.15) is 0 Å². The molecule has 0 radical (unpaired) electrons. The molecule has 0 saturated heterocycles. The van der Waals surface area contributed by atoms with Crippen LogP contribution in [0.5, 0.6) is 11.5 Å². The van der Waals surface area contributed by atoms with Crippen LogP contribution in [0.3, 0.4) is 0 Å². The Kier molecular flexibility index (Phi) is 4.26. The number of rotatable bonds is 4. The summed E-state index contributed by atoms with van der Waals surface area (Å²) in [6, 6.07) is 4.09. The highest BCUT2D eigenvalue weighted by molar-refractivity contribution is 6.17. The lowest BCUT2D eigenvalue weighted by Crippen LogP contribution is -2.33. The third-order valence-corrected chi connectivity index (χ3v) is 3.87. The average molecular weight is 285 g/mol. The molecule has 1 unspecified atom stereocenters. The number of benzene rings is 1. The molecule has 0 N–H and O–H groups in total. The molecule has 1 heterocycles. The maximum atomic E-state index is 5.95. The molecule has 0 amide bonds. The van der Waals surface area contributed by atoms with Gasteiger partial charge in [-0.1, -0.05) is 13.8 Å². The lowest BCUT2D eigenvalue weighted by Gasteiger charge is -2.37. The molecule has 1 atom stereocenters. The zero-order valence-corrected chi connectivity index (χ0v) is 12.7. The van der Waals surface area contributed by atoms with Gasteiger partial charge in [0.2, 0.25) is 0 Å². The van der Waals surface area contributed by atoms with Gasteiger partial charge in [0.15, 0.2) is 11.5 Å². The highest BCUT2D eigenvalue weighted by Crippen LogP contribution is 2.44. The van der Waals surface area contributed by atoms with E-state index in [0.717, 1.165) is 23.5 Å². The first-order valence-electron chi connectivity index (χ1n) is 6.47. The van der Waals surface area contributed by atoms with Crippen LogP contribution in [0.2, 0.25) is 0 Å². The number of fused-ring (bicyclic) bond motifs is 1. The number of alkyl halides is 1. The normalized spacial score (nSPS) is 20.8. The molecule has 2 rings (SSSR count). The van der Waals surface area contributed by atoms with Crippen molar-refractivity contribution < 1.29 is 14.2 Å². The van der Waals surface area contributed by atoms with Gasteiger partial charge in [-0.3, -0.25) is 0 Å². The van der Waals surface area contributed by atoms with Crippen LogP contribution >= 0.6 is 11.6 Å². The van der Waals surface area contributed by atoms with E-state index in [1.54, 1.807) is 14.2 Å². The molecule has 1 aliphatic rings. The first-order valence-corrected chi connectivity index (χ1v) is 7.01. The average Bonchev–Trinajstić information content (AvgIpc) is 2.41. The van der Waals surface area contributed by atoms with Gasteiger partial charge in [-0.05, 0) is 29.7 Å². The Balaban J connectivity index is 2.54. The van der Waals surface area contributed by atoms with Gasteiger partial charge in [0.1, 0.15) is 0 Å². The predicted molar refractivity (Wildman–Crippen MR) is 76.6 cm³/mol. The quantitative estimate of drug-likeness (QED) is 0.790. The molecule has 0 saturated carbocycles. The van der Waals surface area contributed by atoms with Crippen LogP contribution in [0.25, 0.3) is 0 Å². The monoisotopic (exact) mass is 284 g/mol. The molecule has 0 spiro atoms. The van der Waals surface area contributed by atoms with Gasteiger partial charge in [-0.25, -0.2) is 0 Å². The van der Waals surface area contributed by atoms with Crippen LogP contribution in [0, 0.1) is 0 Å². The Labute approximate surface area is 119 Å². The molecule has 0 fully saturated rings. The largest absolute Gasteiger partial charge is 0.493 e. The number of hydrogen-bond donors (Lipinski definition) is 0. The van der Waals surface area contributed by atoms with E-state index in [4.69, 9.17) is 25.8 Å². The SMILES string of the molecule is COc1cc2c(cc1OC)C(C)(C)COC2CCCl. The van der Waals surface area contributed by atoms with Crippen molar-refractivity contribution in [3.05, 3.63) is 23.3 Å². The second-order valence-corrected chi connectivity index (χ2v) is 5.83. The summed E-state index contributed by atoms with van der Waals surface area (Å²) >= 11 is 5.87. The molecule has 0 aromatic heterocycles. The molecule has 1 aliphatic heterocycles. The fraction of sp³-hybridized carbons (Fsp3) is 0.600. The zero-order valence-electron chi connectivity index (χ0n) is 12.0. The summed E-state index contributed by atoms with van der Waals surface area (Å²) in [6.07, 6.45) is 0.848. The summed E-state index contributed by atoms with van der Waals surface area (Å²) < 4.78 is 16.7. The molecule has 106 valence electrons. The number of methoxy groups -OCH3 is 2. The first-order chi connectivity index (χ1) is 9.03. The molecule has 19 heavy (non-hydrogen) atoms. The van der Waals surface area contributed by atoms with Crippen molar-refractivity contribution in [1.82, 2.24) is 0 Å². The smallest absolute Gasteiger partial charge is 0.161 e. The zero-order chi connectivity index (χ0) is 14.0. The summed E-state index contributed by atoms with van der Waals surface area (Å²) in [5.41, 5.74) is 2.39. The van der Waals surface area contributed by atoms with Gasteiger partial charge < -0.3 is 14.2 Å². The Morgan fingerprint density at radius 2 is 1.89 bits per heavy atom. The van der Waals surface area contributed by atoms with Crippen LogP contribution in [0.1, 0.15) is 37.5 Å². The van der Waals surface area contributed by atoms with Crippen molar-refractivity contribution in [3.63, 3.8) is 0 Å². The van der Waals surface area contributed by atoms with Gasteiger partial charge in [0, 0.05) is 11.3 Å². The molecule has 0 aliphatic carbocycles. The van der Waals surface area contributed by atoms with E-state index in [9.17, 15) is 0 Å². The fourth-order valence-electron chi connectivity index (χ4n) is 2.56. The van der Waals surface area contributed by atoms with E-state index < -0.39 is 0 Å². The van der Waals surface area contributed by atoms with Crippen LogP contribution in [0.15, 0.2) is 12.1 Å². The lowest BCUT2D eigenvalue weighted by molar-refractivity contribution is 0.00496. The van der Waals surface area contributed by atoms with Gasteiger partial charge in [-0.15, -0.1) is 11.6 Å². The molecular weight excluding hydrogens is 264 g/mol. The Morgan fingerprint density at radius 1 is 1.26 bits per heavy atom. The molecule has 3 nitrogen and oxygen atoms in total. The van der Waals surface area contributed by atoms with Gasteiger partial charge in [0.05, 0.1) is 26.9 Å². The second kappa shape index (κ2) is 5.59. The van der Waals surface area contributed by atoms with Crippen molar-refractivity contribution >= 4 is 11.6 Å². The van der Waals surface area contributed by atoms with E-state index in [1.807, 2.05) is 6.07 Å². The Bertz CT molecular complexity index is 457. The summed E-state index contributed by atoms with van der Waals surface area (Å²) in [6.45, 7) is 5.04. The maximum Gasteiger partial charge on any atom is 0.161 e. The van der Waals surface area contributed by atoms with E-state index in [1.165, 1.54) is 5.56 Å². The van der Waals surface area contributed by atoms with Crippen molar-refractivity contribution in [2.45, 2.75) is 31.8 Å². The van der Waals surface area contributed by atoms with Crippen molar-refractivity contribution in [1.29, 1.82) is 0 Å². The van der Waals surface area contributed by atoms with E-state index in [-0.39, 0.29) is 11.5 Å². The highest BCUT2D eigenvalue weighted by Gasteiger charge is 2.34. The third kappa shape index (κ3) is 2.67. The van der Waals surface area contributed by atoms with Gasteiger partial charge in [0.25, 0.3) is 0 Å². The third-order valence-electron chi connectivity index (χ3n) is 3.65. The summed E-state index contributed by atoms with van der Waals surface area (Å²) in [5, 5.41) is 0. The molecule has 1 aromatic carbocycles. The number of halogens is 1. The van der Waals surface area contributed by atoms with Crippen molar-refractivity contribution in [3.8, 4) is 11.5 Å². The number of ether oxygens (including phenoxy) is 3. The van der Waals surface area contributed by atoms with Crippen LogP contribution in [-0.4, -0.2) is 26.7 Å². The lowest BCUT2D eigenvalue weighted by atomic mass is 9.78.